The maximum Gasteiger partial charge on any atom is 0.311 e. The first-order valence-corrected chi connectivity index (χ1v) is 8.19. The van der Waals surface area contributed by atoms with E-state index >= 15 is 0 Å². The summed E-state index contributed by atoms with van der Waals surface area (Å²) in [7, 11) is 0. The SMILES string of the molecule is O=C1[C@@H]2[C@@H](C(=O)N1/N=C/c1cc([N+](=O)[O-])c(O)cc1O)[C@H]1C=C[C@@H]2CC1. The number of phenols is 2. The number of nitro benzene ring substituents is 1. The standard InChI is InChI=1S/C17H15N3O6/c21-12-6-13(22)11(20(25)26)5-10(12)7-18-19-16(23)14-8-1-2-9(4-3-8)15(14)17(19)24/h1-2,5-9,14-15,21-22H,3-4H2/b18-7+/t8-,9+,14-,15-/m0/s1. The van der Waals surface area contributed by atoms with Crippen molar-refractivity contribution in [3.8, 4) is 11.5 Å². The molecule has 0 radical (unpaired) electrons. The van der Waals surface area contributed by atoms with Crippen LogP contribution in [0.1, 0.15) is 18.4 Å². The second kappa shape index (κ2) is 5.65. The molecule has 0 spiro atoms. The number of aromatic hydroxyl groups is 2. The number of imide groups is 1. The molecule has 9 nitrogen and oxygen atoms in total. The largest absolute Gasteiger partial charge is 0.507 e. The van der Waals surface area contributed by atoms with Gasteiger partial charge in [-0.2, -0.15) is 10.1 Å². The molecule has 1 heterocycles. The molecule has 134 valence electrons. The fourth-order valence-corrected chi connectivity index (χ4v) is 4.12. The fraction of sp³-hybridized carbons (Fsp3) is 0.353. The predicted molar refractivity (Wildman–Crippen MR) is 88.2 cm³/mol. The van der Waals surface area contributed by atoms with Gasteiger partial charge in [0.2, 0.25) is 0 Å². The molecule has 5 rings (SSSR count). The third-order valence-corrected chi connectivity index (χ3v) is 5.37. The molecule has 0 unspecified atom stereocenters. The summed E-state index contributed by atoms with van der Waals surface area (Å²) in [6.07, 6.45) is 6.73. The molecule has 2 bridgehead atoms. The van der Waals surface area contributed by atoms with Crippen LogP contribution in [0.25, 0.3) is 0 Å². The fourth-order valence-electron chi connectivity index (χ4n) is 4.12. The lowest BCUT2D eigenvalue weighted by Gasteiger charge is -2.37. The molecule has 2 amide bonds. The lowest BCUT2D eigenvalue weighted by molar-refractivity contribution is -0.385. The number of benzene rings is 1. The highest BCUT2D eigenvalue weighted by molar-refractivity contribution is 6.06. The zero-order valence-electron chi connectivity index (χ0n) is 13.5. The summed E-state index contributed by atoms with van der Waals surface area (Å²) in [6, 6.07) is 1.74. The zero-order chi connectivity index (χ0) is 18.6. The van der Waals surface area contributed by atoms with E-state index in [9.17, 15) is 29.9 Å². The normalized spacial score (nSPS) is 29.6. The van der Waals surface area contributed by atoms with Crippen LogP contribution in [-0.4, -0.2) is 38.2 Å². The lowest BCUT2D eigenvalue weighted by Crippen LogP contribution is -2.38. The van der Waals surface area contributed by atoms with Crippen molar-refractivity contribution in [2.75, 3.05) is 0 Å². The van der Waals surface area contributed by atoms with E-state index in [4.69, 9.17) is 0 Å². The molecule has 1 saturated heterocycles. The molecule has 0 aromatic heterocycles. The van der Waals surface area contributed by atoms with Gasteiger partial charge in [0.15, 0.2) is 5.75 Å². The molecule has 1 aromatic carbocycles. The number of allylic oxidation sites excluding steroid dienone is 2. The van der Waals surface area contributed by atoms with Gasteiger partial charge < -0.3 is 10.2 Å². The molecule has 4 atom stereocenters. The molecule has 4 aliphatic rings. The number of phenolic OH excluding ortho intramolecular Hbond substituents is 2. The van der Waals surface area contributed by atoms with Crippen molar-refractivity contribution >= 4 is 23.7 Å². The van der Waals surface area contributed by atoms with Crippen LogP contribution >= 0.6 is 0 Å². The van der Waals surface area contributed by atoms with Crippen molar-refractivity contribution in [1.29, 1.82) is 0 Å². The van der Waals surface area contributed by atoms with Gasteiger partial charge in [-0.25, -0.2) is 0 Å². The minimum absolute atomic E-state index is 0.0322. The summed E-state index contributed by atoms with van der Waals surface area (Å²) >= 11 is 0. The van der Waals surface area contributed by atoms with Gasteiger partial charge in [0.25, 0.3) is 11.8 Å². The van der Waals surface area contributed by atoms with Crippen LogP contribution < -0.4 is 0 Å². The Bertz CT molecular complexity index is 861. The minimum Gasteiger partial charge on any atom is -0.507 e. The van der Waals surface area contributed by atoms with Gasteiger partial charge in [-0.15, -0.1) is 0 Å². The highest BCUT2D eigenvalue weighted by Crippen LogP contribution is 2.49. The Morgan fingerprint density at radius 1 is 1.08 bits per heavy atom. The second-order valence-electron chi connectivity index (χ2n) is 6.73. The molecular formula is C17H15N3O6. The molecule has 9 heteroatoms. The van der Waals surface area contributed by atoms with E-state index in [1.165, 1.54) is 0 Å². The van der Waals surface area contributed by atoms with Gasteiger partial charge in [-0.05, 0) is 24.7 Å². The topological polar surface area (TPSA) is 133 Å². The Kier molecular flexibility index (Phi) is 3.53. The Morgan fingerprint density at radius 3 is 2.15 bits per heavy atom. The van der Waals surface area contributed by atoms with E-state index in [1.54, 1.807) is 0 Å². The summed E-state index contributed by atoms with van der Waals surface area (Å²) in [4.78, 5) is 35.3. The van der Waals surface area contributed by atoms with Crippen LogP contribution in [0.2, 0.25) is 0 Å². The Labute approximate surface area is 147 Å². The van der Waals surface area contributed by atoms with Crippen molar-refractivity contribution < 1.29 is 24.7 Å². The van der Waals surface area contributed by atoms with Crippen molar-refractivity contribution in [3.05, 3.63) is 40.0 Å². The lowest BCUT2D eigenvalue weighted by atomic mass is 9.63. The van der Waals surface area contributed by atoms with Crippen molar-refractivity contribution in [2.45, 2.75) is 12.8 Å². The van der Waals surface area contributed by atoms with E-state index in [1.807, 2.05) is 12.2 Å². The molecule has 26 heavy (non-hydrogen) atoms. The first-order chi connectivity index (χ1) is 12.4. The van der Waals surface area contributed by atoms with Gasteiger partial charge in [0.05, 0.1) is 23.0 Å². The number of hydrogen-bond donors (Lipinski definition) is 2. The summed E-state index contributed by atoms with van der Waals surface area (Å²) < 4.78 is 0. The zero-order valence-corrected chi connectivity index (χ0v) is 13.5. The number of amides is 2. The van der Waals surface area contributed by atoms with Crippen LogP contribution in [-0.2, 0) is 9.59 Å². The number of nitro groups is 1. The van der Waals surface area contributed by atoms with E-state index in [0.29, 0.717) is 0 Å². The monoisotopic (exact) mass is 357 g/mol. The molecule has 2 N–H and O–H groups in total. The van der Waals surface area contributed by atoms with E-state index in [-0.39, 0.29) is 29.2 Å². The summed E-state index contributed by atoms with van der Waals surface area (Å²) in [6.45, 7) is 0. The number of nitrogens with zero attached hydrogens (tertiary/aromatic N) is 3. The highest BCUT2D eigenvalue weighted by atomic mass is 16.6. The Morgan fingerprint density at radius 2 is 1.65 bits per heavy atom. The maximum absolute atomic E-state index is 12.6. The average molecular weight is 357 g/mol. The number of carbonyl (C=O) groups is 2. The van der Waals surface area contributed by atoms with Crippen LogP contribution in [0.4, 0.5) is 5.69 Å². The first kappa shape index (κ1) is 16.2. The molecule has 1 aromatic rings. The quantitative estimate of drug-likeness (QED) is 0.277. The summed E-state index contributed by atoms with van der Waals surface area (Å²) in [5.74, 6) is -2.67. The average Bonchev–Trinajstić information content (AvgIpc) is 2.88. The maximum atomic E-state index is 12.6. The third-order valence-electron chi connectivity index (χ3n) is 5.37. The summed E-state index contributed by atoms with van der Waals surface area (Å²) in [5, 5.41) is 34.9. The van der Waals surface area contributed by atoms with E-state index in [2.05, 4.69) is 5.10 Å². The Hall–Kier alpha value is -3.23. The van der Waals surface area contributed by atoms with Crippen molar-refractivity contribution in [1.82, 2.24) is 5.01 Å². The number of carbonyl (C=O) groups excluding carboxylic acids is 2. The van der Waals surface area contributed by atoms with Crippen LogP contribution in [0.15, 0.2) is 29.4 Å². The molecule has 1 aliphatic heterocycles. The van der Waals surface area contributed by atoms with Crippen LogP contribution in [0.3, 0.4) is 0 Å². The van der Waals surface area contributed by atoms with Crippen molar-refractivity contribution in [2.24, 2.45) is 28.8 Å². The first-order valence-electron chi connectivity index (χ1n) is 8.19. The summed E-state index contributed by atoms with van der Waals surface area (Å²) in [5.41, 5.74) is -0.690. The third kappa shape index (κ3) is 2.27. The van der Waals surface area contributed by atoms with Gasteiger partial charge in [0.1, 0.15) is 5.75 Å². The Balaban J connectivity index is 1.64. The van der Waals surface area contributed by atoms with Gasteiger partial charge in [-0.1, -0.05) is 12.2 Å². The molecule has 2 fully saturated rings. The number of rotatable bonds is 3. The van der Waals surface area contributed by atoms with Gasteiger partial charge in [0, 0.05) is 17.7 Å². The highest BCUT2D eigenvalue weighted by Gasteiger charge is 2.56. The van der Waals surface area contributed by atoms with Gasteiger partial charge in [-0.3, -0.25) is 19.7 Å². The number of hydrogen-bond acceptors (Lipinski definition) is 7. The predicted octanol–water partition coefficient (Wildman–Crippen LogP) is 1.54. The van der Waals surface area contributed by atoms with Gasteiger partial charge >= 0.3 is 5.69 Å². The number of hydrazone groups is 1. The molecular weight excluding hydrogens is 342 g/mol. The molecule has 3 aliphatic carbocycles. The number of fused-ring (bicyclic) bond motifs is 1. The van der Waals surface area contributed by atoms with Crippen LogP contribution in [0.5, 0.6) is 11.5 Å². The second-order valence-corrected chi connectivity index (χ2v) is 6.73. The van der Waals surface area contributed by atoms with Crippen molar-refractivity contribution in [3.63, 3.8) is 0 Å². The van der Waals surface area contributed by atoms with E-state index in [0.717, 1.165) is 36.2 Å². The van der Waals surface area contributed by atoms with E-state index < -0.39 is 33.9 Å². The molecule has 1 saturated carbocycles. The smallest absolute Gasteiger partial charge is 0.311 e. The minimum atomic E-state index is -0.809. The van der Waals surface area contributed by atoms with Crippen LogP contribution in [0, 0.1) is 33.8 Å².